The Morgan fingerprint density at radius 3 is 2.27 bits per heavy atom. The summed E-state index contributed by atoms with van der Waals surface area (Å²) in [6.07, 6.45) is 1.41. The van der Waals surface area contributed by atoms with Crippen molar-refractivity contribution in [1.82, 2.24) is 16.0 Å². The summed E-state index contributed by atoms with van der Waals surface area (Å²) >= 11 is 12.7. The van der Waals surface area contributed by atoms with Gasteiger partial charge < -0.3 is 30.5 Å². The van der Waals surface area contributed by atoms with Gasteiger partial charge in [-0.2, -0.15) is 0 Å². The van der Waals surface area contributed by atoms with Crippen molar-refractivity contribution in [2.24, 2.45) is 11.8 Å². The van der Waals surface area contributed by atoms with Gasteiger partial charge in [0.2, 0.25) is 11.8 Å². The number of amides is 3. The standard InChI is InChI=1S/C25H41Cl2N3O7/c1-5-36-22(33)12-19(14-8-15(26)10-16(27)9-14)30-21(32)13-28-23(34)18-11-17(6-7-20(18)31)29-24(35)37-25(2,3)4/h14-20,31H,5-13H2,1-4H3,(H,28,34)(H,29,35)(H,30,32). The van der Waals surface area contributed by atoms with Crippen LogP contribution >= 0.6 is 23.2 Å². The third kappa shape index (κ3) is 11.2. The first kappa shape index (κ1) is 31.4. The number of halogens is 2. The first-order chi connectivity index (χ1) is 17.3. The number of hydrogen-bond acceptors (Lipinski definition) is 7. The lowest BCUT2D eigenvalue weighted by molar-refractivity contribution is -0.144. The zero-order chi connectivity index (χ0) is 27.8. The fraction of sp³-hybridized carbons (Fsp3) is 0.840. The van der Waals surface area contributed by atoms with Crippen LogP contribution in [-0.4, -0.2) is 76.7 Å². The minimum Gasteiger partial charge on any atom is -0.466 e. The molecule has 2 rings (SSSR count). The molecule has 0 heterocycles. The fourth-order valence-corrected chi connectivity index (χ4v) is 5.86. The maximum atomic E-state index is 12.8. The molecule has 0 aromatic rings. The van der Waals surface area contributed by atoms with Crippen LogP contribution in [0.3, 0.4) is 0 Å². The molecule has 4 N–H and O–H groups in total. The zero-order valence-corrected chi connectivity index (χ0v) is 23.6. The van der Waals surface area contributed by atoms with E-state index in [0.717, 1.165) is 0 Å². The number of ether oxygens (including phenoxy) is 2. The molecular formula is C25H41Cl2N3O7. The largest absolute Gasteiger partial charge is 0.466 e. The van der Waals surface area contributed by atoms with Gasteiger partial charge in [-0.25, -0.2) is 4.79 Å². The molecule has 6 unspecified atom stereocenters. The lowest BCUT2D eigenvalue weighted by Gasteiger charge is -2.35. The first-order valence-corrected chi connectivity index (χ1v) is 13.8. The Morgan fingerprint density at radius 1 is 1.03 bits per heavy atom. The molecule has 0 bridgehead atoms. The van der Waals surface area contributed by atoms with Crippen LogP contribution in [0.2, 0.25) is 0 Å². The van der Waals surface area contributed by atoms with Gasteiger partial charge in [0.25, 0.3) is 0 Å². The van der Waals surface area contributed by atoms with Crippen molar-refractivity contribution in [1.29, 1.82) is 0 Å². The number of rotatable bonds is 9. The minimum atomic E-state index is -0.889. The van der Waals surface area contributed by atoms with Crippen LogP contribution in [0.25, 0.3) is 0 Å². The summed E-state index contributed by atoms with van der Waals surface area (Å²) in [5.41, 5.74) is -0.652. The number of alkyl halides is 2. The molecule has 0 saturated heterocycles. The van der Waals surface area contributed by atoms with Gasteiger partial charge in [0.15, 0.2) is 0 Å². The topological polar surface area (TPSA) is 143 Å². The van der Waals surface area contributed by atoms with Crippen molar-refractivity contribution >= 4 is 47.1 Å². The van der Waals surface area contributed by atoms with Gasteiger partial charge in [-0.15, -0.1) is 23.2 Å². The molecular weight excluding hydrogens is 525 g/mol. The molecule has 0 aromatic heterocycles. The lowest BCUT2D eigenvalue weighted by atomic mass is 9.82. The van der Waals surface area contributed by atoms with Crippen molar-refractivity contribution in [3.63, 3.8) is 0 Å². The Bertz CT molecular complexity index is 798. The summed E-state index contributed by atoms with van der Waals surface area (Å²) < 4.78 is 10.3. The highest BCUT2D eigenvalue weighted by Gasteiger charge is 2.37. The van der Waals surface area contributed by atoms with Gasteiger partial charge in [-0.1, -0.05) is 0 Å². The Labute approximate surface area is 228 Å². The van der Waals surface area contributed by atoms with Crippen LogP contribution in [-0.2, 0) is 23.9 Å². The Balaban J connectivity index is 1.92. The molecule has 0 aliphatic heterocycles. The molecule has 6 atom stereocenters. The summed E-state index contributed by atoms with van der Waals surface area (Å²) in [4.78, 5) is 49.8. The molecule has 37 heavy (non-hydrogen) atoms. The number of aliphatic hydroxyl groups is 1. The Kier molecular flexibility index (Phi) is 12.2. The fourth-order valence-electron chi connectivity index (χ4n) is 4.88. The number of esters is 1. The monoisotopic (exact) mass is 565 g/mol. The van der Waals surface area contributed by atoms with Crippen LogP contribution in [0.5, 0.6) is 0 Å². The molecule has 10 nitrogen and oxygen atoms in total. The summed E-state index contributed by atoms with van der Waals surface area (Å²) in [5, 5.41) is 18.2. The van der Waals surface area contributed by atoms with Crippen LogP contribution in [0.1, 0.15) is 72.6 Å². The SMILES string of the molecule is CCOC(=O)CC(NC(=O)CNC(=O)C1CC(NC(=O)OC(C)(C)C)CCC1O)C1CC(Cl)CC(Cl)C1. The highest BCUT2D eigenvalue weighted by atomic mass is 35.5. The van der Waals surface area contributed by atoms with Gasteiger partial charge in [0.05, 0.1) is 31.6 Å². The number of alkyl carbamates (subject to hydrolysis) is 1. The zero-order valence-electron chi connectivity index (χ0n) is 22.1. The van der Waals surface area contributed by atoms with Gasteiger partial charge in [0.1, 0.15) is 5.60 Å². The van der Waals surface area contributed by atoms with Crippen LogP contribution < -0.4 is 16.0 Å². The van der Waals surface area contributed by atoms with Crippen molar-refractivity contribution in [2.45, 2.75) is 107 Å². The predicted octanol–water partition coefficient (Wildman–Crippen LogP) is 2.61. The maximum absolute atomic E-state index is 12.8. The Hall–Kier alpha value is -1.78. The average Bonchev–Trinajstić information content (AvgIpc) is 2.76. The van der Waals surface area contributed by atoms with Crippen molar-refractivity contribution in [2.75, 3.05) is 13.2 Å². The molecule has 2 fully saturated rings. The van der Waals surface area contributed by atoms with E-state index in [2.05, 4.69) is 16.0 Å². The van der Waals surface area contributed by atoms with E-state index in [0.29, 0.717) is 32.1 Å². The van der Waals surface area contributed by atoms with Crippen molar-refractivity contribution in [3.8, 4) is 0 Å². The number of carbonyl (C=O) groups is 4. The van der Waals surface area contributed by atoms with Crippen molar-refractivity contribution in [3.05, 3.63) is 0 Å². The smallest absolute Gasteiger partial charge is 0.407 e. The quantitative estimate of drug-likeness (QED) is 0.248. The predicted molar refractivity (Wildman–Crippen MR) is 139 cm³/mol. The first-order valence-electron chi connectivity index (χ1n) is 13.0. The summed E-state index contributed by atoms with van der Waals surface area (Å²) in [6, 6.07) is -0.871. The van der Waals surface area contributed by atoms with E-state index in [1.54, 1.807) is 27.7 Å². The van der Waals surface area contributed by atoms with E-state index in [1.165, 1.54) is 0 Å². The molecule has 2 aliphatic rings. The highest BCUT2D eigenvalue weighted by Crippen LogP contribution is 2.34. The molecule has 0 spiro atoms. The van der Waals surface area contributed by atoms with Gasteiger partial charge in [-0.05, 0) is 72.1 Å². The molecule has 2 aliphatic carbocycles. The number of hydrogen-bond donors (Lipinski definition) is 4. The van der Waals surface area contributed by atoms with Gasteiger partial charge in [0, 0.05) is 22.8 Å². The van der Waals surface area contributed by atoms with Crippen LogP contribution in [0.15, 0.2) is 0 Å². The third-order valence-corrected chi connectivity index (χ3v) is 7.24. The molecule has 212 valence electrons. The second-order valence-corrected chi connectivity index (χ2v) is 12.1. The molecule has 3 amide bonds. The number of aliphatic hydroxyl groups excluding tert-OH is 1. The summed E-state index contributed by atoms with van der Waals surface area (Å²) in [6.45, 7) is 6.87. The van der Waals surface area contributed by atoms with Crippen molar-refractivity contribution < 1.29 is 33.8 Å². The number of carbonyl (C=O) groups excluding carboxylic acids is 4. The van der Waals surface area contributed by atoms with Gasteiger partial charge >= 0.3 is 12.1 Å². The summed E-state index contributed by atoms with van der Waals surface area (Å²) in [5.74, 6) is -2.29. The molecule has 12 heteroatoms. The van der Waals surface area contributed by atoms with E-state index in [4.69, 9.17) is 32.7 Å². The van der Waals surface area contributed by atoms with Crippen LogP contribution in [0, 0.1) is 11.8 Å². The second-order valence-electron chi connectivity index (χ2n) is 10.9. The van der Waals surface area contributed by atoms with Crippen LogP contribution in [0.4, 0.5) is 4.79 Å². The van der Waals surface area contributed by atoms with E-state index < -0.39 is 47.5 Å². The van der Waals surface area contributed by atoms with E-state index >= 15 is 0 Å². The normalized spacial score (nSPS) is 28.9. The second kappa shape index (κ2) is 14.4. The maximum Gasteiger partial charge on any atom is 0.407 e. The molecule has 0 radical (unpaired) electrons. The average molecular weight is 567 g/mol. The minimum absolute atomic E-state index is 0.0231. The summed E-state index contributed by atoms with van der Waals surface area (Å²) in [7, 11) is 0. The van der Waals surface area contributed by atoms with E-state index in [1.807, 2.05) is 0 Å². The number of nitrogens with one attached hydrogen (secondary N) is 3. The van der Waals surface area contributed by atoms with E-state index in [-0.39, 0.29) is 48.7 Å². The Morgan fingerprint density at radius 2 is 1.68 bits per heavy atom. The molecule has 0 aromatic carbocycles. The lowest BCUT2D eigenvalue weighted by Crippen LogP contribution is -2.51. The van der Waals surface area contributed by atoms with Gasteiger partial charge in [-0.3, -0.25) is 14.4 Å². The van der Waals surface area contributed by atoms with E-state index in [9.17, 15) is 24.3 Å². The molecule has 2 saturated carbocycles. The highest BCUT2D eigenvalue weighted by molar-refractivity contribution is 6.23. The third-order valence-electron chi connectivity index (χ3n) is 6.53.